The third kappa shape index (κ3) is 2.83. The normalized spacial score (nSPS) is 10.3. The highest BCUT2D eigenvalue weighted by molar-refractivity contribution is 9.10. The molecule has 5 N–H and O–H groups in total. The fraction of sp³-hybridized carbons (Fsp3) is 0.0833. The number of halogens is 1. The molecule has 1 amide bonds. The highest BCUT2D eigenvalue weighted by Gasteiger charge is 2.10. The van der Waals surface area contributed by atoms with E-state index in [1.165, 1.54) is 0 Å². The lowest BCUT2D eigenvalue weighted by atomic mass is 10.1. The van der Waals surface area contributed by atoms with Gasteiger partial charge in [0.2, 0.25) is 0 Å². The van der Waals surface area contributed by atoms with Crippen molar-refractivity contribution in [3.8, 4) is 0 Å². The maximum absolute atomic E-state index is 11.9. The van der Waals surface area contributed by atoms with E-state index in [0.717, 1.165) is 9.35 Å². The molecule has 1 aromatic carbocycles. The van der Waals surface area contributed by atoms with Crippen LogP contribution in [0, 0.1) is 0 Å². The van der Waals surface area contributed by atoms with Crippen LogP contribution in [-0.4, -0.2) is 5.91 Å². The Morgan fingerprint density at radius 3 is 2.72 bits per heavy atom. The average Bonchev–Trinajstić information content (AvgIpc) is 2.72. The van der Waals surface area contributed by atoms with Gasteiger partial charge in [0.05, 0.1) is 12.1 Å². The molecule has 0 bridgehead atoms. The molecule has 18 heavy (non-hydrogen) atoms. The predicted molar refractivity (Wildman–Crippen MR) is 78.5 cm³/mol. The van der Waals surface area contributed by atoms with Crippen LogP contribution in [0.2, 0.25) is 0 Å². The molecule has 1 aromatic heterocycles. The molecule has 0 spiro atoms. The van der Waals surface area contributed by atoms with Crippen LogP contribution < -0.4 is 16.8 Å². The van der Waals surface area contributed by atoms with Crippen LogP contribution >= 0.6 is 27.3 Å². The number of hydrogen-bond acceptors (Lipinski definition) is 4. The SMILES string of the molecule is Nc1ccc(C(=O)NCc2sccc2Br)c(N)c1. The van der Waals surface area contributed by atoms with E-state index in [0.29, 0.717) is 23.5 Å². The van der Waals surface area contributed by atoms with Crippen molar-refractivity contribution in [3.05, 3.63) is 44.6 Å². The molecule has 94 valence electrons. The molecule has 0 aliphatic carbocycles. The van der Waals surface area contributed by atoms with Crippen molar-refractivity contribution >= 4 is 44.5 Å². The summed E-state index contributed by atoms with van der Waals surface area (Å²) >= 11 is 5.00. The number of nitrogens with one attached hydrogen (secondary N) is 1. The molecule has 0 saturated heterocycles. The summed E-state index contributed by atoms with van der Waals surface area (Å²) in [6.07, 6.45) is 0. The van der Waals surface area contributed by atoms with E-state index < -0.39 is 0 Å². The first-order valence-corrected chi connectivity index (χ1v) is 6.90. The summed E-state index contributed by atoms with van der Waals surface area (Å²) in [5, 5.41) is 4.78. The number of hydrogen-bond donors (Lipinski definition) is 3. The third-order valence-corrected chi connectivity index (χ3v) is 4.35. The standard InChI is InChI=1S/C12H12BrN3OS/c13-9-3-4-18-11(9)6-16-12(17)8-2-1-7(14)5-10(8)15/h1-5H,6,14-15H2,(H,16,17). The van der Waals surface area contributed by atoms with Gasteiger partial charge in [-0.25, -0.2) is 0 Å². The van der Waals surface area contributed by atoms with Gasteiger partial charge in [0.1, 0.15) is 0 Å². The first-order chi connectivity index (χ1) is 8.58. The van der Waals surface area contributed by atoms with Gasteiger partial charge in [0.25, 0.3) is 5.91 Å². The average molecular weight is 326 g/mol. The number of amides is 1. The van der Waals surface area contributed by atoms with E-state index in [4.69, 9.17) is 11.5 Å². The Morgan fingerprint density at radius 1 is 1.33 bits per heavy atom. The zero-order chi connectivity index (χ0) is 13.1. The molecule has 0 saturated carbocycles. The van der Waals surface area contributed by atoms with Gasteiger partial charge in [-0.05, 0) is 45.6 Å². The van der Waals surface area contributed by atoms with Gasteiger partial charge in [-0.3, -0.25) is 4.79 Å². The summed E-state index contributed by atoms with van der Waals surface area (Å²) in [4.78, 5) is 13.0. The summed E-state index contributed by atoms with van der Waals surface area (Å²) in [6, 6.07) is 6.81. The first-order valence-electron chi connectivity index (χ1n) is 5.23. The number of carbonyl (C=O) groups excluding carboxylic acids is 1. The van der Waals surface area contributed by atoms with Gasteiger partial charge in [-0.15, -0.1) is 11.3 Å². The van der Waals surface area contributed by atoms with Gasteiger partial charge in [-0.1, -0.05) is 0 Å². The molecule has 6 heteroatoms. The lowest BCUT2D eigenvalue weighted by Crippen LogP contribution is -2.23. The monoisotopic (exact) mass is 325 g/mol. The van der Waals surface area contributed by atoms with Gasteiger partial charge >= 0.3 is 0 Å². The highest BCUT2D eigenvalue weighted by atomic mass is 79.9. The van der Waals surface area contributed by atoms with E-state index >= 15 is 0 Å². The van der Waals surface area contributed by atoms with Gasteiger partial charge in [-0.2, -0.15) is 0 Å². The molecule has 4 nitrogen and oxygen atoms in total. The Bertz CT molecular complexity index is 582. The Morgan fingerprint density at radius 2 is 2.11 bits per heavy atom. The van der Waals surface area contributed by atoms with Gasteiger partial charge in [0.15, 0.2) is 0 Å². The second kappa shape index (κ2) is 5.41. The molecule has 0 aliphatic heterocycles. The lowest BCUT2D eigenvalue weighted by molar-refractivity contribution is 0.0952. The molecule has 0 radical (unpaired) electrons. The van der Waals surface area contributed by atoms with Crippen LogP contribution in [0.4, 0.5) is 11.4 Å². The van der Waals surface area contributed by atoms with Crippen molar-refractivity contribution in [2.24, 2.45) is 0 Å². The van der Waals surface area contributed by atoms with E-state index in [1.807, 2.05) is 11.4 Å². The Hall–Kier alpha value is -1.53. The minimum atomic E-state index is -0.201. The minimum Gasteiger partial charge on any atom is -0.399 e. The van der Waals surface area contributed by atoms with Crippen LogP contribution in [-0.2, 0) is 6.54 Å². The molecule has 0 aliphatic rings. The second-order valence-corrected chi connectivity index (χ2v) is 5.58. The quantitative estimate of drug-likeness (QED) is 0.759. The molecule has 2 aromatic rings. The van der Waals surface area contributed by atoms with Gasteiger partial charge < -0.3 is 16.8 Å². The third-order valence-electron chi connectivity index (χ3n) is 2.42. The molecule has 0 unspecified atom stereocenters. The largest absolute Gasteiger partial charge is 0.399 e. The summed E-state index contributed by atoms with van der Waals surface area (Å²) in [5.41, 5.74) is 12.7. The number of nitrogen functional groups attached to an aromatic ring is 2. The van der Waals surface area contributed by atoms with Crippen molar-refractivity contribution in [1.29, 1.82) is 0 Å². The van der Waals surface area contributed by atoms with Crippen molar-refractivity contribution in [2.75, 3.05) is 11.5 Å². The fourth-order valence-electron chi connectivity index (χ4n) is 1.50. The fourth-order valence-corrected chi connectivity index (χ4v) is 2.93. The van der Waals surface area contributed by atoms with E-state index in [2.05, 4.69) is 21.2 Å². The molecule has 1 heterocycles. The van der Waals surface area contributed by atoms with Crippen molar-refractivity contribution in [2.45, 2.75) is 6.54 Å². The maximum atomic E-state index is 11.9. The highest BCUT2D eigenvalue weighted by Crippen LogP contribution is 2.22. The summed E-state index contributed by atoms with van der Waals surface area (Å²) in [6.45, 7) is 0.473. The molecule has 0 fully saturated rings. The van der Waals surface area contributed by atoms with Gasteiger partial charge in [0, 0.05) is 20.7 Å². The van der Waals surface area contributed by atoms with Crippen molar-refractivity contribution < 1.29 is 4.79 Å². The zero-order valence-corrected chi connectivity index (χ0v) is 11.8. The first kappa shape index (κ1) is 12.9. The Balaban J connectivity index is 2.06. The summed E-state index contributed by atoms with van der Waals surface area (Å²) < 4.78 is 0.998. The van der Waals surface area contributed by atoms with E-state index in [9.17, 15) is 4.79 Å². The smallest absolute Gasteiger partial charge is 0.253 e. The minimum absolute atomic E-state index is 0.201. The van der Waals surface area contributed by atoms with Crippen LogP contribution in [0.3, 0.4) is 0 Å². The lowest BCUT2D eigenvalue weighted by Gasteiger charge is -2.07. The summed E-state index contributed by atoms with van der Waals surface area (Å²) in [5.74, 6) is -0.201. The van der Waals surface area contributed by atoms with Crippen LogP contribution in [0.15, 0.2) is 34.1 Å². The van der Waals surface area contributed by atoms with E-state index in [1.54, 1.807) is 29.5 Å². The molecule has 2 rings (SSSR count). The molecular weight excluding hydrogens is 314 g/mol. The maximum Gasteiger partial charge on any atom is 0.253 e. The second-order valence-electron chi connectivity index (χ2n) is 3.72. The van der Waals surface area contributed by atoms with Crippen molar-refractivity contribution in [1.82, 2.24) is 5.32 Å². The molecular formula is C12H12BrN3OS. The van der Waals surface area contributed by atoms with Crippen molar-refractivity contribution in [3.63, 3.8) is 0 Å². The predicted octanol–water partition coefficient (Wildman–Crippen LogP) is 2.61. The Kier molecular flexibility index (Phi) is 3.88. The number of benzene rings is 1. The number of rotatable bonds is 3. The van der Waals surface area contributed by atoms with Crippen LogP contribution in [0.25, 0.3) is 0 Å². The topological polar surface area (TPSA) is 81.1 Å². The van der Waals surface area contributed by atoms with Crippen LogP contribution in [0.1, 0.15) is 15.2 Å². The number of thiophene rings is 1. The zero-order valence-electron chi connectivity index (χ0n) is 9.44. The van der Waals surface area contributed by atoms with E-state index in [-0.39, 0.29) is 5.91 Å². The van der Waals surface area contributed by atoms with Crippen LogP contribution in [0.5, 0.6) is 0 Å². The number of anilines is 2. The Labute approximate surface area is 117 Å². The molecule has 0 atom stereocenters. The number of nitrogens with two attached hydrogens (primary N) is 2. The summed E-state index contributed by atoms with van der Waals surface area (Å²) in [7, 11) is 0. The number of carbonyl (C=O) groups is 1.